The van der Waals surface area contributed by atoms with E-state index in [0.717, 1.165) is 0 Å². The van der Waals surface area contributed by atoms with Crippen molar-refractivity contribution in [2.45, 2.75) is 11.8 Å². The molecule has 0 bridgehead atoms. The third-order valence-corrected chi connectivity index (χ3v) is 2.43. The van der Waals surface area contributed by atoms with Gasteiger partial charge in [0.15, 0.2) is 11.1 Å². The van der Waals surface area contributed by atoms with Gasteiger partial charge in [-0.25, -0.2) is 8.60 Å². The summed E-state index contributed by atoms with van der Waals surface area (Å²) >= 11 is -1.55. The predicted octanol–water partition coefficient (Wildman–Crippen LogP) is 1.80. The zero-order valence-corrected chi connectivity index (χ0v) is 7.65. The lowest BCUT2D eigenvalue weighted by molar-refractivity contribution is 0.445. The van der Waals surface area contributed by atoms with E-state index in [1.807, 2.05) is 0 Å². The Morgan fingerprint density at radius 1 is 1.50 bits per heavy atom. The molecular weight excluding hydrogens is 179 g/mol. The number of aryl methyl sites for hydroxylation is 1. The molecule has 0 radical (unpaired) electrons. The Labute approximate surface area is 73.0 Å². The molecule has 4 heteroatoms. The maximum atomic E-state index is 12.9. The Kier molecular flexibility index (Phi) is 2.94. The zero-order valence-electron chi connectivity index (χ0n) is 6.83. The Morgan fingerprint density at radius 2 is 2.17 bits per heavy atom. The van der Waals surface area contributed by atoms with Crippen LogP contribution in [0.5, 0.6) is 0 Å². The summed E-state index contributed by atoms with van der Waals surface area (Å²) in [6.45, 7) is 1.65. The molecule has 0 aliphatic rings. The first-order valence-corrected chi connectivity index (χ1v) is 4.45. The molecule has 66 valence electrons. The van der Waals surface area contributed by atoms with Crippen LogP contribution in [0.15, 0.2) is 23.1 Å². The Morgan fingerprint density at radius 3 is 2.67 bits per heavy atom. The van der Waals surface area contributed by atoms with E-state index in [1.165, 1.54) is 13.2 Å². The topological polar surface area (TPSA) is 26.3 Å². The van der Waals surface area contributed by atoms with Crippen LogP contribution in [-0.4, -0.2) is 11.3 Å². The van der Waals surface area contributed by atoms with Crippen molar-refractivity contribution >= 4 is 11.1 Å². The molecule has 0 saturated carbocycles. The van der Waals surface area contributed by atoms with Gasteiger partial charge in [0.2, 0.25) is 0 Å². The van der Waals surface area contributed by atoms with Gasteiger partial charge in [-0.2, -0.15) is 0 Å². The lowest BCUT2D eigenvalue weighted by atomic mass is 10.2. The highest BCUT2D eigenvalue weighted by Gasteiger charge is 2.04. The summed E-state index contributed by atoms with van der Waals surface area (Å²) in [4.78, 5) is 0.348. The fourth-order valence-electron chi connectivity index (χ4n) is 0.773. The molecule has 0 saturated heterocycles. The van der Waals surface area contributed by atoms with Crippen molar-refractivity contribution in [2.75, 3.05) is 7.11 Å². The normalized spacial score (nSPS) is 12.9. The van der Waals surface area contributed by atoms with Crippen molar-refractivity contribution in [1.29, 1.82) is 0 Å². The standard InChI is InChI=1S/C8H9FO2S/c1-6-3-4-7(5-8(6)9)12(10)11-2/h3-5H,1-2H3. The van der Waals surface area contributed by atoms with Crippen molar-refractivity contribution in [3.8, 4) is 0 Å². The average Bonchev–Trinajstić information content (AvgIpc) is 2.08. The molecule has 0 aliphatic carbocycles. The molecule has 0 spiro atoms. The average molecular weight is 188 g/mol. The van der Waals surface area contributed by atoms with Gasteiger partial charge >= 0.3 is 0 Å². The summed E-state index contributed by atoms with van der Waals surface area (Å²) in [5, 5.41) is 0. The largest absolute Gasteiger partial charge is 0.290 e. The first-order valence-electron chi connectivity index (χ1n) is 3.37. The predicted molar refractivity (Wildman–Crippen MR) is 44.6 cm³/mol. The van der Waals surface area contributed by atoms with Gasteiger partial charge < -0.3 is 0 Å². The van der Waals surface area contributed by atoms with Gasteiger partial charge in [0.1, 0.15) is 5.82 Å². The van der Waals surface area contributed by atoms with Crippen LogP contribution in [0, 0.1) is 12.7 Å². The van der Waals surface area contributed by atoms with E-state index < -0.39 is 11.1 Å². The monoisotopic (exact) mass is 188 g/mol. The van der Waals surface area contributed by atoms with Crippen LogP contribution in [-0.2, 0) is 15.3 Å². The van der Waals surface area contributed by atoms with Crippen LogP contribution in [0.1, 0.15) is 5.56 Å². The van der Waals surface area contributed by atoms with Crippen LogP contribution >= 0.6 is 0 Å². The first-order chi connectivity index (χ1) is 5.65. The van der Waals surface area contributed by atoms with Crippen LogP contribution in [0.2, 0.25) is 0 Å². The summed E-state index contributed by atoms with van der Waals surface area (Å²) in [7, 11) is 1.31. The molecular formula is C8H9FO2S. The smallest absolute Gasteiger partial charge is 0.188 e. The fourth-order valence-corrected chi connectivity index (χ4v) is 1.34. The van der Waals surface area contributed by atoms with E-state index in [2.05, 4.69) is 4.18 Å². The van der Waals surface area contributed by atoms with E-state index in [0.29, 0.717) is 10.5 Å². The molecule has 1 unspecified atom stereocenters. The van der Waals surface area contributed by atoms with Crippen LogP contribution in [0.4, 0.5) is 4.39 Å². The van der Waals surface area contributed by atoms with Crippen LogP contribution in [0.3, 0.4) is 0 Å². The second-order valence-corrected chi connectivity index (χ2v) is 3.59. The molecule has 0 aliphatic heterocycles. The molecule has 0 amide bonds. The molecule has 0 heterocycles. The number of hydrogen-bond donors (Lipinski definition) is 0. The van der Waals surface area contributed by atoms with Gasteiger partial charge in [0.05, 0.1) is 12.0 Å². The summed E-state index contributed by atoms with van der Waals surface area (Å²) in [5.74, 6) is -0.363. The van der Waals surface area contributed by atoms with E-state index in [-0.39, 0.29) is 5.82 Å². The van der Waals surface area contributed by atoms with Crippen molar-refractivity contribution in [1.82, 2.24) is 0 Å². The highest BCUT2D eigenvalue weighted by molar-refractivity contribution is 7.80. The highest BCUT2D eigenvalue weighted by Crippen LogP contribution is 2.12. The summed E-state index contributed by atoms with van der Waals surface area (Å²) < 4.78 is 28.4. The second-order valence-electron chi connectivity index (χ2n) is 2.31. The lowest BCUT2D eigenvalue weighted by Gasteiger charge is -2.00. The minimum atomic E-state index is -1.55. The minimum absolute atomic E-state index is 0.348. The molecule has 0 fully saturated rings. The van der Waals surface area contributed by atoms with E-state index in [1.54, 1.807) is 19.1 Å². The van der Waals surface area contributed by atoms with Gasteiger partial charge in [0, 0.05) is 0 Å². The quantitative estimate of drug-likeness (QED) is 0.707. The number of rotatable bonds is 2. The second kappa shape index (κ2) is 3.78. The molecule has 0 aromatic heterocycles. The SMILES string of the molecule is COS(=O)c1ccc(C)c(F)c1. The Balaban J connectivity index is 3.05. The minimum Gasteiger partial charge on any atom is -0.290 e. The number of halogens is 1. The van der Waals surface area contributed by atoms with Crippen LogP contribution < -0.4 is 0 Å². The number of benzene rings is 1. The van der Waals surface area contributed by atoms with Gasteiger partial charge in [-0.15, -0.1) is 0 Å². The van der Waals surface area contributed by atoms with E-state index >= 15 is 0 Å². The highest BCUT2D eigenvalue weighted by atomic mass is 32.2. The van der Waals surface area contributed by atoms with E-state index in [9.17, 15) is 8.60 Å². The maximum Gasteiger partial charge on any atom is 0.188 e. The maximum absolute atomic E-state index is 12.9. The molecule has 0 N–H and O–H groups in total. The summed E-state index contributed by atoms with van der Waals surface area (Å²) in [6, 6.07) is 4.37. The summed E-state index contributed by atoms with van der Waals surface area (Å²) in [5.41, 5.74) is 0.534. The number of hydrogen-bond acceptors (Lipinski definition) is 2. The van der Waals surface area contributed by atoms with Crippen LogP contribution in [0.25, 0.3) is 0 Å². The third kappa shape index (κ3) is 1.89. The van der Waals surface area contributed by atoms with Crippen molar-refractivity contribution in [3.05, 3.63) is 29.6 Å². The first kappa shape index (κ1) is 9.35. The van der Waals surface area contributed by atoms with Crippen molar-refractivity contribution < 1.29 is 12.8 Å². The molecule has 1 aromatic rings. The third-order valence-electron chi connectivity index (χ3n) is 1.49. The molecule has 2 nitrogen and oxygen atoms in total. The van der Waals surface area contributed by atoms with Gasteiger partial charge in [-0.05, 0) is 24.6 Å². The lowest BCUT2D eigenvalue weighted by Crippen LogP contribution is -1.94. The van der Waals surface area contributed by atoms with E-state index in [4.69, 9.17) is 0 Å². The molecule has 12 heavy (non-hydrogen) atoms. The molecule has 1 rings (SSSR count). The van der Waals surface area contributed by atoms with Gasteiger partial charge in [-0.1, -0.05) is 6.07 Å². The fraction of sp³-hybridized carbons (Fsp3) is 0.250. The van der Waals surface area contributed by atoms with Gasteiger partial charge in [0.25, 0.3) is 0 Å². The zero-order chi connectivity index (χ0) is 9.14. The summed E-state index contributed by atoms with van der Waals surface area (Å²) in [6.07, 6.45) is 0. The van der Waals surface area contributed by atoms with Gasteiger partial charge in [-0.3, -0.25) is 4.18 Å². The van der Waals surface area contributed by atoms with Crippen molar-refractivity contribution in [2.24, 2.45) is 0 Å². The molecule has 1 atom stereocenters. The Bertz CT molecular complexity index is 312. The molecule has 1 aromatic carbocycles. The Hall–Kier alpha value is -0.740. The van der Waals surface area contributed by atoms with Crippen molar-refractivity contribution in [3.63, 3.8) is 0 Å².